The summed E-state index contributed by atoms with van der Waals surface area (Å²) >= 11 is 0. The fraction of sp³-hybridized carbons (Fsp3) is 0.464. The highest BCUT2D eigenvalue weighted by Gasteiger charge is 2.34. The SMILES string of the molecule is COc1ccc2ncc(CO)c([C@H](O)CCC3(CO)CCN(CCNc4c(F)cc(F)cc4F)CC3)c2c1. The third kappa shape index (κ3) is 6.20. The Morgan fingerprint density at radius 1 is 1.11 bits per heavy atom. The molecule has 1 aromatic heterocycles. The number of hydrogen-bond donors (Lipinski definition) is 4. The number of benzene rings is 2. The van der Waals surface area contributed by atoms with Crippen LogP contribution in [0, 0.1) is 22.9 Å². The number of aromatic nitrogens is 1. The molecule has 0 bridgehead atoms. The van der Waals surface area contributed by atoms with E-state index in [1.54, 1.807) is 25.4 Å². The second kappa shape index (κ2) is 12.3. The molecular weight excluding hydrogens is 499 g/mol. The van der Waals surface area contributed by atoms with Crippen molar-refractivity contribution in [2.75, 3.05) is 45.2 Å². The molecule has 0 aliphatic carbocycles. The number of rotatable bonds is 11. The summed E-state index contributed by atoms with van der Waals surface area (Å²) in [6.45, 7) is 1.91. The summed E-state index contributed by atoms with van der Waals surface area (Å²) < 4.78 is 46.1. The van der Waals surface area contributed by atoms with Crippen LogP contribution >= 0.6 is 0 Å². The molecule has 0 radical (unpaired) electrons. The molecule has 0 amide bonds. The van der Waals surface area contributed by atoms with E-state index >= 15 is 0 Å². The second-order valence-corrected chi connectivity index (χ2v) is 9.96. The molecule has 3 aromatic rings. The Labute approximate surface area is 219 Å². The van der Waals surface area contributed by atoms with Gasteiger partial charge in [0.2, 0.25) is 0 Å². The van der Waals surface area contributed by atoms with Crippen LogP contribution in [-0.2, 0) is 6.61 Å². The number of methoxy groups -OCH3 is 1. The van der Waals surface area contributed by atoms with Crippen molar-refractivity contribution in [1.82, 2.24) is 9.88 Å². The molecule has 1 atom stereocenters. The number of nitrogens with one attached hydrogen (secondary N) is 1. The molecule has 0 unspecified atom stereocenters. The van der Waals surface area contributed by atoms with Gasteiger partial charge < -0.3 is 30.3 Å². The summed E-state index contributed by atoms with van der Waals surface area (Å²) in [5, 5.41) is 34.8. The first-order valence-corrected chi connectivity index (χ1v) is 12.8. The van der Waals surface area contributed by atoms with Gasteiger partial charge in [0.05, 0.1) is 25.3 Å². The Bertz CT molecular complexity index is 1220. The average molecular weight is 534 g/mol. The van der Waals surface area contributed by atoms with E-state index in [1.807, 2.05) is 6.07 Å². The monoisotopic (exact) mass is 533 g/mol. The highest BCUT2D eigenvalue weighted by Crippen LogP contribution is 2.39. The van der Waals surface area contributed by atoms with Gasteiger partial charge in [-0.15, -0.1) is 0 Å². The lowest BCUT2D eigenvalue weighted by atomic mass is 9.74. The lowest BCUT2D eigenvalue weighted by molar-refractivity contribution is 0.0246. The number of anilines is 1. The number of aliphatic hydroxyl groups excluding tert-OH is 3. The molecule has 0 saturated carbocycles. The van der Waals surface area contributed by atoms with Gasteiger partial charge in [0, 0.05) is 49.0 Å². The average Bonchev–Trinajstić information content (AvgIpc) is 2.92. The standard InChI is InChI=1S/C28H34F3N3O4/c1-38-20-2-3-24-21(14-20)26(18(16-35)15-33-24)25(37)4-5-28(17-36)6-9-34(10-7-28)11-8-32-27-22(30)12-19(29)13-23(27)31/h2-3,12-15,25,32,35-37H,4-11,16-17H2,1H3/t25-/m1/s1. The Morgan fingerprint density at radius 3 is 2.45 bits per heavy atom. The first-order valence-electron chi connectivity index (χ1n) is 12.8. The summed E-state index contributed by atoms with van der Waals surface area (Å²) in [5.74, 6) is -2.27. The lowest BCUT2D eigenvalue weighted by Gasteiger charge is -2.41. The zero-order valence-corrected chi connectivity index (χ0v) is 21.4. The number of aliphatic hydroxyl groups is 3. The third-order valence-electron chi connectivity index (χ3n) is 7.64. The van der Waals surface area contributed by atoms with Crippen LogP contribution in [0.15, 0.2) is 36.5 Å². The Morgan fingerprint density at radius 2 is 1.82 bits per heavy atom. The molecule has 2 aromatic carbocycles. The van der Waals surface area contributed by atoms with Gasteiger partial charge >= 0.3 is 0 Å². The molecule has 7 nitrogen and oxygen atoms in total. The fourth-order valence-corrected chi connectivity index (χ4v) is 5.26. The minimum Gasteiger partial charge on any atom is -0.497 e. The number of pyridine rings is 1. The first kappa shape index (κ1) is 28.1. The molecule has 0 spiro atoms. The summed E-state index contributed by atoms with van der Waals surface area (Å²) in [6.07, 6.45) is 3.10. The fourth-order valence-electron chi connectivity index (χ4n) is 5.26. The van der Waals surface area contributed by atoms with E-state index in [-0.39, 0.29) is 30.9 Å². The molecule has 10 heteroatoms. The number of halogens is 3. The minimum absolute atomic E-state index is 0.0183. The predicted octanol–water partition coefficient (Wildman–Crippen LogP) is 4.15. The maximum atomic E-state index is 13.8. The number of likely N-dealkylation sites (tertiary alicyclic amines) is 1. The van der Waals surface area contributed by atoms with E-state index in [9.17, 15) is 28.5 Å². The molecule has 38 heavy (non-hydrogen) atoms. The lowest BCUT2D eigenvalue weighted by Crippen LogP contribution is -2.43. The molecule has 4 N–H and O–H groups in total. The van der Waals surface area contributed by atoms with Gasteiger partial charge in [-0.3, -0.25) is 4.98 Å². The van der Waals surface area contributed by atoms with Crippen LogP contribution in [0.25, 0.3) is 10.9 Å². The van der Waals surface area contributed by atoms with Crippen LogP contribution in [0.3, 0.4) is 0 Å². The van der Waals surface area contributed by atoms with Crippen molar-refractivity contribution >= 4 is 16.6 Å². The normalized spacial score (nSPS) is 16.5. The molecule has 1 fully saturated rings. The van der Waals surface area contributed by atoms with Gasteiger partial charge in [-0.2, -0.15) is 0 Å². The zero-order chi connectivity index (χ0) is 27.3. The molecular formula is C28H34F3N3O4. The number of fused-ring (bicyclic) bond motifs is 1. The van der Waals surface area contributed by atoms with Crippen molar-refractivity contribution in [3.8, 4) is 5.75 Å². The highest BCUT2D eigenvalue weighted by molar-refractivity contribution is 5.85. The number of nitrogens with zero attached hydrogens (tertiary/aromatic N) is 2. The maximum Gasteiger partial charge on any atom is 0.152 e. The van der Waals surface area contributed by atoms with Crippen molar-refractivity contribution in [1.29, 1.82) is 0 Å². The van der Waals surface area contributed by atoms with Crippen LogP contribution < -0.4 is 10.1 Å². The van der Waals surface area contributed by atoms with E-state index < -0.39 is 23.6 Å². The van der Waals surface area contributed by atoms with Crippen LogP contribution in [0.4, 0.5) is 18.9 Å². The van der Waals surface area contributed by atoms with Crippen molar-refractivity contribution in [2.24, 2.45) is 5.41 Å². The molecule has 206 valence electrons. The number of ether oxygens (including phenoxy) is 1. The molecule has 1 saturated heterocycles. The molecule has 1 aliphatic rings. The Kier molecular flexibility index (Phi) is 9.09. The van der Waals surface area contributed by atoms with Crippen LogP contribution in [0.1, 0.15) is 42.9 Å². The van der Waals surface area contributed by atoms with Gasteiger partial charge in [-0.25, -0.2) is 13.2 Å². The summed E-state index contributed by atoms with van der Waals surface area (Å²) in [7, 11) is 1.56. The van der Waals surface area contributed by atoms with Gasteiger partial charge in [0.1, 0.15) is 17.3 Å². The molecule has 4 rings (SSSR count). The van der Waals surface area contributed by atoms with Gasteiger partial charge in [0.15, 0.2) is 11.6 Å². The first-order chi connectivity index (χ1) is 18.3. The molecule has 2 heterocycles. The summed E-state index contributed by atoms with van der Waals surface area (Å²) in [5.41, 5.74) is 1.16. The largest absolute Gasteiger partial charge is 0.497 e. The maximum absolute atomic E-state index is 13.8. The predicted molar refractivity (Wildman–Crippen MR) is 138 cm³/mol. The summed E-state index contributed by atoms with van der Waals surface area (Å²) in [6, 6.07) is 6.69. The Balaban J connectivity index is 1.35. The van der Waals surface area contributed by atoms with E-state index in [0.29, 0.717) is 79.8 Å². The number of piperidine rings is 1. The van der Waals surface area contributed by atoms with Crippen molar-refractivity contribution in [3.63, 3.8) is 0 Å². The zero-order valence-electron chi connectivity index (χ0n) is 21.4. The number of hydrogen-bond acceptors (Lipinski definition) is 7. The minimum atomic E-state index is -0.969. The van der Waals surface area contributed by atoms with E-state index in [1.165, 1.54) is 0 Å². The van der Waals surface area contributed by atoms with Crippen LogP contribution in [0.2, 0.25) is 0 Å². The van der Waals surface area contributed by atoms with Crippen molar-refractivity contribution in [3.05, 3.63) is 65.1 Å². The van der Waals surface area contributed by atoms with E-state index in [0.717, 1.165) is 5.39 Å². The Hall–Kier alpha value is -2.92. The second-order valence-electron chi connectivity index (χ2n) is 9.96. The molecule has 1 aliphatic heterocycles. The van der Waals surface area contributed by atoms with E-state index in [4.69, 9.17) is 4.74 Å². The summed E-state index contributed by atoms with van der Waals surface area (Å²) in [4.78, 5) is 6.52. The third-order valence-corrected chi connectivity index (χ3v) is 7.64. The van der Waals surface area contributed by atoms with Gasteiger partial charge in [0.25, 0.3) is 0 Å². The van der Waals surface area contributed by atoms with Crippen molar-refractivity contribution < 1.29 is 33.2 Å². The van der Waals surface area contributed by atoms with E-state index in [2.05, 4.69) is 15.2 Å². The topological polar surface area (TPSA) is 98.1 Å². The highest BCUT2D eigenvalue weighted by atomic mass is 19.1. The van der Waals surface area contributed by atoms with Gasteiger partial charge in [-0.1, -0.05) is 0 Å². The quantitative estimate of drug-likeness (QED) is 0.294. The van der Waals surface area contributed by atoms with Crippen LogP contribution in [0.5, 0.6) is 5.75 Å². The smallest absolute Gasteiger partial charge is 0.152 e. The van der Waals surface area contributed by atoms with Crippen LogP contribution in [-0.4, -0.2) is 65.1 Å². The van der Waals surface area contributed by atoms with Gasteiger partial charge in [-0.05, 0) is 68.0 Å². The van der Waals surface area contributed by atoms with Crippen molar-refractivity contribution in [2.45, 2.75) is 38.4 Å².